The van der Waals surface area contributed by atoms with Crippen LogP contribution < -0.4 is 0 Å². The normalized spacial score (nSPS) is 22.5. The minimum atomic E-state index is -2.86. The lowest BCUT2D eigenvalue weighted by Crippen LogP contribution is -2.37. The summed E-state index contributed by atoms with van der Waals surface area (Å²) in [7, 11) is 0. The van der Waals surface area contributed by atoms with Crippen molar-refractivity contribution in [2.24, 2.45) is 0 Å². The van der Waals surface area contributed by atoms with Crippen LogP contribution in [0.5, 0.6) is 0 Å². The molecule has 1 saturated heterocycles. The first-order chi connectivity index (χ1) is 12.2. The third kappa shape index (κ3) is 1.92. The van der Waals surface area contributed by atoms with E-state index in [0.717, 1.165) is 11.1 Å². The second-order valence-corrected chi connectivity index (χ2v) is 4.88. The maximum absolute atomic E-state index is 7.81. The van der Waals surface area contributed by atoms with E-state index in [0.29, 0.717) is 11.0 Å². The van der Waals surface area contributed by atoms with Crippen molar-refractivity contribution in [1.82, 2.24) is 0 Å². The molecule has 1 aliphatic rings. The lowest BCUT2D eigenvalue weighted by molar-refractivity contribution is -0.476. The summed E-state index contributed by atoms with van der Waals surface area (Å²) in [6, 6.07) is 18.6. The third-order valence-corrected chi connectivity index (χ3v) is 3.82. The maximum atomic E-state index is 7.81. The molecule has 0 bridgehead atoms. The third-order valence-electron chi connectivity index (χ3n) is 3.82. The molecular weight excluding hydrogens is 246 g/mol. The molecule has 0 atom stereocenters. The Kier molecular flexibility index (Phi) is 1.95. The van der Waals surface area contributed by atoms with E-state index in [4.69, 9.17) is 13.0 Å². The van der Waals surface area contributed by atoms with Crippen LogP contribution in [0, 0.1) is 0 Å². The van der Waals surface area contributed by atoms with Gasteiger partial charge in [-0.2, -0.15) is 0 Å². The van der Waals surface area contributed by atoms with Crippen LogP contribution in [0.1, 0.15) is 25.8 Å². The fourth-order valence-corrected chi connectivity index (χ4v) is 2.93. The Morgan fingerprint density at radius 1 is 0.950 bits per heavy atom. The summed E-state index contributed by atoms with van der Waals surface area (Å²) < 4.78 is 53.1. The second kappa shape index (κ2) is 5.12. The highest BCUT2D eigenvalue weighted by atomic mass is 16.5. The molecule has 2 aromatic rings. The fourth-order valence-electron chi connectivity index (χ4n) is 2.93. The molecule has 0 amide bonds. The van der Waals surface area contributed by atoms with Crippen molar-refractivity contribution in [3.05, 3.63) is 71.8 Å². The van der Waals surface area contributed by atoms with Crippen molar-refractivity contribution >= 4 is 5.90 Å². The van der Waals surface area contributed by atoms with E-state index in [1.54, 1.807) is 0 Å². The predicted octanol–water partition coefficient (Wildman–Crippen LogP) is 3.06. The molecule has 2 aromatic carbocycles. The predicted molar refractivity (Wildman–Crippen MR) is 81.3 cm³/mol. The Bertz CT molecular complexity index is 740. The zero-order valence-corrected chi connectivity index (χ0v) is 11.0. The first-order valence-electron chi connectivity index (χ1n) is 9.59. The molecule has 2 nitrogen and oxygen atoms in total. The Balaban J connectivity index is 2.39. The van der Waals surface area contributed by atoms with Crippen LogP contribution in [0.15, 0.2) is 60.7 Å². The van der Waals surface area contributed by atoms with Gasteiger partial charge in [-0.25, -0.2) is 4.58 Å². The van der Waals surface area contributed by atoms with Gasteiger partial charge in [0.25, 0.3) is 0 Å². The molecule has 0 aromatic heterocycles. The molecule has 2 heteroatoms. The first-order valence-corrected chi connectivity index (χ1v) is 6.59. The Morgan fingerprint density at radius 2 is 1.50 bits per heavy atom. The summed E-state index contributed by atoms with van der Waals surface area (Å²) in [5, 5.41) is 0. The quantitative estimate of drug-likeness (QED) is 0.765. The summed E-state index contributed by atoms with van der Waals surface area (Å²) in [4.78, 5) is 0. The van der Waals surface area contributed by atoms with Gasteiger partial charge in [-0.15, -0.1) is 0 Å². The van der Waals surface area contributed by atoms with Gasteiger partial charge in [-0.05, 0) is 11.1 Å². The van der Waals surface area contributed by atoms with Gasteiger partial charge in [0.2, 0.25) is 0 Å². The molecule has 0 aliphatic carbocycles. The van der Waals surface area contributed by atoms with E-state index in [1.165, 1.54) is 0 Å². The molecular formula is C18H20NO+. The van der Waals surface area contributed by atoms with Gasteiger partial charge >= 0.3 is 5.90 Å². The zero-order chi connectivity index (χ0) is 19.0. The van der Waals surface area contributed by atoms with Gasteiger partial charge < -0.3 is 4.74 Å². The molecule has 102 valence electrons. The van der Waals surface area contributed by atoms with Crippen molar-refractivity contribution in [3.8, 4) is 0 Å². The van der Waals surface area contributed by atoms with Crippen molar-refractivity contribution in [2.75, 3.05) is 20.6 Å². The molecule has 0 spiro atoms. The van der Waals surface area contributed by atoms with Crippen LogP contribution in [0.2, 0.25) is 0 Å². The maximum Gasteiger partial charge on any atom is 0.351 e. The Morgan fingerprint density at radius 3 is 2.00 bits per heavy atom. The van der Waals surface area contributed by atoms with Gasteiger partial charge in [0.1, 0.15) is 27.6 Å². The fraction of sp³-hybridized carbons (Fsp3) is 0.278. The van der Waals surface area contributed by atoms with Crippen LogP contribution in [0.25, 0.3) is 0 Å². The highest BCUT2D eigenvalue weighted by Gasteiger charge is 2.50. The van der Waals surface area contributed by atoms with Crippen LogP contribution in [0.4, 0.5) is 0 Å². The second-order valence-electron chi connectivity index (χ2n) is 4.88. The summed E-state index contributed by atoms with van der Waals surface area (Å²) in [5.74, 6) is -0.0464. The highest BCUT2D eigenvalue weighted by molar-refractivity contribution is 5.90. The zero-order valence-electron chi connectivity index (χ0n) is 17.0. The van der Waals surface area contributed by atoms with Crippen molar-refractivity contribution in [3.63, 3.8) is 0 Å². The molecule has 1 fully saturated rings. The van der Waals surface area contributed by atoms with E-state index < -0.39 is 19.4 Å². The van der Waals surface area contributed by atoms with Gasteiger partial charge in [-0.3, -0.25) is 0 Å². The number of rotatable bonds is 2. The minimum absolute atomic E-state index is 0.0464. The highest BCUT2D eigenvalue weighted by Crippen LogP contribution is 2.41. The number of nitrogens with zero attached hydrogens (tertiary/aromatic N) is 1. The Hall–Kier alpha value is -2.09. The molecule has 20 heavy (non-hydrogen) atoms. The number of hydrogen-bond donors (Lipinski definition) is 0. The SMILES string of the molecule is [2H]C([2H])([2H])[N+](=C1OCCC1(c1ccccc1)c1ccccc1)C([2H])([2H])[2H]. The van der Waals surface area contributed by atoms with E-state index in [-0.39, 0.29) is 12.5 Å². The molecule has 3 rings (SSSR count). The van der Waals surface area contributed by atoms with Crippen LogP contribution >= 0.6 is 0 Å². The van der Waals surface area contributed by atoms with Gasteiger partial charge in [-0.1, -0.05) is 60.7 Å². The van der Waals surface area contributed by atoms with E-state index in [1.807, 2.05) is 60.7 Å². The number of hydrogen-bond acceptors (Lipinski definition) is 1. The summed E-state index contributed by atoms with van der Waals surface area (Å²) in [5.41, 5.74) is 0.639. The van der Waals surface area contributed by atoms with Crippen LogP contribution in [-0.4, -0.2) is 31.0 Å². The largest absolute Gasteiger partial charge is 0.447 e. The summed E-state index contributed by atoms with van der Waals surface area (Å²) in [6.45, 7) is -5.48. The molecule has 0 radical (unpaired) electrons. The minimum Gasteiger partial charge on any atom is -0.447 e. The average Bonchev–Trinajstić information content (AvgIpc) is 2.99. The molecule has 0 N–H and O–H groups in total. The van der Waals surface area contributed by atoms with Gasteiger partial charge in [0.15, 0.2) is 0 Å². The van der Waals surface area contributed by atoms with Crippen molar-refractivity contribution < 1.29 is 17.5 Å². The molecule has 1 aliphatic heterocycles. The average molecular weight is 272 g/mol. The van der Waals surface area contributed by atoms with E-state index in [2.05, 4.69) is 0 Å². The summed E-state index contributed by atoms with van der Waals surface area (Å²) >= 11 is 0. The smallest absolute Gasteiger partial charge is 0.351 e. The summed E-state index contributed by atoms with van der Waals surface area (Å²) in [6.07, 6.45) is 0.457. The molecule has 0 unspecified atom stereocenters. The van der Waals surface area contributed by atoms with Crippen LogP contribution in [-0.2, 0) is 10.2 Å². The lowest BCUT2D eigenvalue weighted by Gasteiger charge is -2.26. The number of benzene rings is 2. The molecule has 1 heterocycles. The first kappa shape index (κ1) is 7.63. The number of ether oxygens (including phenoxy) is 1. The van der Waals surface area contributed by atoms with E-state index >= 15 is 0 Å². The standard InChI is InChI=1S/C18H20NO/c1-19(2)17-18(13-14-20-17,15-9-5-3-6-10-15)16-11-7-4-8-12-16/h3-12H,13-14H2,1-2H3/q+1/i1D3,2D3. The van der Waals surface area contributed by atoms with Crippen LogP contribution in [0.3, 0.4) is 0 Å². The van der Waals surface area contributed by atoms with E-state index in [9.17, 15) is 0 Å². The monoisotopic (exact) mass is 272 g/mol. The Labute approximate surface area is 128 Å². The topological polar surface area (TPSA) is 12.2 Å². The van der Waals surface area contributed by atoms with Gasteiger partial charge in [0, 0.05) is 6.42 Å². The van der Waals surface area contributed by atoms with Crippen molar-refractivity contribution in [2.45, 2.75) is 11.8 Å². The van der Waals surface area contributed by atoms with Crippen molar-refractivity contribution in [1.29, 1.82) is 0 Å². The molecule has 0 saturated carbocycles. The lowest BCUT2D eigenvalue weighted by atomic mass is 9.73. The van der Waals surface area contributed by atoms with Gasteiger partial charge in [0.05, 0.1) is 6.61 Å².